The molecule has 0 saturated carbocycles. The van der Waals surface area contributed by atoms with E-state index in [9.17, 15) is 27.6 Å². The first-order valence-corrected chi connectivity index (χ1v) is 6.72. The van der Waals surface area contributed by atoms with E-state index in [4.69, 9.17) is 0 Å². The molecule has 1 aliphatic heterocycles. The second kappa shape index (κ2) is 6.39. The summed E-state index contributed by atoms with van der Waals surface area (Å²) in [6.07, 6.45) is -6.56. The lowest BCUT2D eigenvalue weighted by molar-refractivity contribution is -0.219. The Morgan fingerprint density at radius 2 is 1.74 bits per heavy atom. The SMILES string of the molecule is CC(=O)O[C@@H](C[CH]CN1C(=O)c2ccccc2C1=O)C(F)(F)F. The molecule has 1 aromatic carbocycles. The molecule has 23 heavy (non-hydrogen) atoms. The lowest BCUT2D eigenvalue weighted by Gasteiger charge is -2.21. The minimum absolute atomic E-state index is 0.221. The second-order valence-corrected chi connectivity index (χ2v) is 4.93. The highest BCUT2D eigenvalue weighted by molar-refractivity contribution is 6.21. The molecule has 2 rings (SSSR count). The Balaban J connectivity index is 1.98. The fraction of sp³-hybridized carbons (Fsp3) is 0.333. The van der Waals surface area contributed by atoms with Gasteiger partial charge in [0.1, 0.15) is 0 Å². The van der Waals surface area contributed by atoms with Crippen molar-refractivity contribution in [2.75, 3.05) is 6.54 Å². The molecule has 123 valence electrons. The fourth-order valence-electron chi connectivity index (χ4n) is 2.21. The van der Waals surface area contributed by atoms with Crippen molar-refractivity contribution in [3.05, 3.63) is 41.8 Å². The Labute approximate surface area is 130 Å². The smallest absolute Gasteiger partial charge is 0.425 e. The van der Waals surface area contributed by atoms with Crippen LogP contribution in [0.25, 0.3) is 0 Å². The number of hydrogen-bond acceptors (Lipinski definition) is 4. The number of fused-ring (bicyclic) bond motifs is 1. The molecule has 0 bridgehead atoms. The number of rotatable bonds is 5. The van der Waals surface area contributed by atoms with Gasteiger partial charge in [-0.05, 0) is 25.0 Å². The molecule has 1 aliphatic rings. The highest BCUT2D eigenvalue weighted by Crippen LogP contribution is 2.27. The number of amides is 2. The predicted octanol–water partition coefficient (Wildman–Crippen LogP) is 2.37. The van der Waals surface area contributed by atoms with E-state index in [1.807, 2.05) is 0 Å². The van der Waals surface area contributed by atoms with Crippen LogP contribution in [0, 0.1) is 6.42 Å². The van der Waals surface area contributed by atoms with Crippen molar-refractivity contribution in [1.82, 2.24) is 4.90 Å². The quantitative estimate of drug-likeness (QED) is 0.615. The van der Waals surface area contributed by atoms with Crippen molar-refractivity contribution in [3.8, 4) is 0 Å². The zero-order valence-electron chi connectivity index (χ0n) is 12.1. The van der Waals surface area contributed by atoms with Gasteiger partial charge in [0.25, 0.3) is 11.8 Å². The van der Waals surface area contributed by atoms with Crippen molar-refractivity contribution in [2.45, 2.75) is 25.6 Å². The van der Waals surface area contributed by atoms with Crippen LogP contribution in [0.15, 0.2) is 24.3 Å². The predicted molar refractivity (Wildman–Crippen MR) is 72.3 cm³/mol. The Morgan fingerprint density at radius 3 is 2.17 bits per heavy atom. The topological polar surface area (TPSA) is 63.7 Å². The van der Waals surface area contributed by atoms with E-state index < -0.39 is 36.5 Å². The van der Waals surface area contributed by atoms with E-state index in [1.54, 1.807) is 12.1 Å². The number of ether oxygens (including phenoxy) is 1. The average Bonchev–Trinajstić information content (AvgIpc) is 2.70. The number of imide groups is 1. The summed E-state index contributed by atoms with van der Waals surface area (Å²) in [5.74, 6) is -2.17. The molecule has 0 aromatic heterocycles. The summed E-state index contributed by atoms with van der Waals surface area (Å²) >= 11 is 0. The molecule has 1 aromatic rings. The third kappa shape index (κ3) is 3.69. The van der Waals surface area contributed by atoms with E-state index in [1.165, 1.54) is 12.1 Å². The Hall–Kier alpha value is -2.38. The first kappa shape index (κ1) is 17.0. The number of benzene rings is 1. The minimum atomic E-state index is -4.72. The molecule has 0 spiro atoms. The van der Waals surface area contributed by atoms with Gasteiger partial charge in [-0.2, -0.15) is 13.2 Å². The van der Waals surface area contributed by atoms with Crippen molar-refractivity contribution in [2.24, 2.45) is 0 Å². The Bertz CT molecular complexity index is 607. The van der Waals surface area contributed by atoms with Crippen LogP contribution in [0.1, 0.15) is 34.1 Å². The maximum atomic E-state index is 12.7. The number of alkyl halides is 3. The molecule has 8 heteroatoms. The van der Waals surface area contributed by atoms with Crippen molar-refractivity contribution in [1.29, 1.82) is 0 Å². The maximum absolute atomic E-state index is 12.7. The van der Waals surface area contributed by atoms with Crippen LogP contribution in [0.5, 0.6) is 0 Å². The Morgan fingerprint density at radius 1 is 1.22 bits per heavy atom. The van der Waals surface area contributed by atoms with Crippen LogP contribution < -0.4 is 0 Å². The summed E-state index contributed by atoms with van der Waals surface area (Å²) in [6, 6.07) is 6.15. The van der Waals surface area contributed by atoms with Gasteiger partial charge in [-0.25, -0.2) is 0 Å². The third-order valence-electron chi connectivity index (χ3n) is 3.24. The van der Waals surface area contributed by atoms with Gasteiger partial charge in [-0.1, -0.05) is 12.1 Å². The molecule has 2 amide bonds. The molecular formula is C15H13F3NO4. The zero-order chi connectivity index (χ0) is 17.2. The normalized spacial score (nSPS) is 15.6. The molecule has 1 heterocycles. The van der Waals surface area contributed by atoms with Gasteiger partial charge < -0.3 is 4.74 Å². The molecule has 0 saturated heterocycles. The molecule has 1 radical (unpaired) electrons. The monoisotopic (exact) mass is 328 g/mol. The van der Waals surface area contributed by atoms with Crippen molar-refractivity contribution in [3.63, 3.8) is 0 Å². The number of esters is 1. The van der Waals surface area contributed by atoms with Gasteiger partial charge in [0.05, 0.1) is 11.1 Å². The zero-order valence-corrected chi connectivity index (χ0v) is 12.1. The van der Waals surface area contributed by atoms with Crippen LogP contribution in [0.4, 0.5) is 13.2 Å². The molecule has 0 fully saturated rings. The minimum Gasteiger partial charge on any atom is -0.453 e. The number of hydrogen-bond donors (Lipinski definition) is 0. The van der Waals surface area contributed by atoms with E-state index in [0.717, 1.165) is 18.2 Å². The summed E-state index contributed by atoms with van der Waals surface area (Å²) in [4.78, 5) is 35.6. The van der Waals surface area contributed by atoms with Gasteiger partial charge in [0.2, 0.25) is 0 Å². The first-order chi connectivity index (χ1) is 10.7. The van der Waals surface area contributed by atoms with E-state index >= 15 is 0 Å². The Kier molecular flexibility index (Phi) is 4.72. The fourth-order valence-corrected chi connectivity index (χ4v) is 2.21. The number of carbonyl (C=O) groups excluding carboxylic acids is 3. The van der Waals surface area contributed by atoms with Gasteiger partial charge in [-0.3, -0.25) is 19.3 Å². The molecule has 0 aliphatic carbocycles. The van der Waals surface area contributed by atoms with Gasteiger partial charge in [0, 0.05) is 13.5 Å². The van der Waals surface area contributed by atoms with Crippen LogP contribution in [0.2, 0.25) is 0 Å². The van der Waals surface area contributed by atoms with E-state index in [-0.39, 0.29) is 17.7 Å². The van der Waals surface area contributed by atoms with Crippen LogP contribution in [-0.2, 0) is 9.53 Å². The highest BCUT2D eigenvalue weighted by Gasteiger charge is 2.42. The lowest BCUT2D eigenvalue weighted by Crippen LogP contribution is -2.36. The largest absolute Gasteiger partial charge is 0.453 e. The van der Waals surface area contributed by atoms with Gasteiger partial charge >= 0.3 is 12.1 Å². The average molecular weight is 328 g/mol. The number of halogens is 3. The van der Waals surface area contributed by atoms with E-state index in [0.29, 0.717) is 0 Å². The van der Waals surface area contributed by atoms with Crippen LogP contribution >= 0.6 is 0 Å². The maximum Gasteiger partial charge on any atom is 0.425 e. The molecule has 0 N–H and O–H groups in total. The lowest BCUT2D eigenvalue weighted by atomic mass is 10.1. The highest BCUT2D eigenvalue weighted by atomic mass is 19.4. The number of carbonyl (C=O) groups is 3. The number of nitrogens with zero attached hydrogens (tertiary/aromatic N) is 1. The van der Waals surface area contributed by atoms with Crippen LogP contribution in [0.3, 0.4) is 0 Å². The molecule has 0 unspecified atom stereocenters. The van der Waals surface area contributed by atoms with Crippen molar-refractivity contribution < 1.29 is 32.3 Å². The third-order valence-corrected chi connectivity index (χ3v) is 3.24. The van der Waals surface area contributed by atoms with Gasteiger partial charge in [-0.15, -0.1) is 0 Å². The molecular weight excluding hydrogens is 315 g/mol. The standard InChI is InChI=1S/C15H13F3NO4/c1-9(20)23-12(15(16,17)18)7-4-8-19-13(21)10-5-2-3-6-11(10)14(19)22/h2-6,12H,7-8H2,1H3/t12-/m0/s1. The second-order valence-electron chi connectivity index (χ2n) is 4.93. The first-order valence-electron chi connectivity index (χ1n) is 6.72. The summed E-state index contributed by atoms with van der Waals surface area (Å²) in [7, 11) is 0. The summed E-state index contributed by atoms with van der Waals surface area (Å²) in [5, 5.41) is 0. The molecule has 1 atom stereocenters. The summed E-state index contributed by atoms with van der Waals surface area (Å²) in [5.41, 5.74) is 0.441. The summed E-state index contributed by atoms with van der Waals surface area (Å²) < 4.78 is 42.3. The summed E-state index contributed by atoms with van der Waals surface area (Å²) in [6.45, 7) is 0.586. The van der Waals surface area contributed by atoms with E-state index in [2.05, 4.69) is 4.74 Å². The van der Waals surface area contributed by atoms with Crippen molar-refractivity contribution >= 4 is 17.8 Å². The van der Waals surface area contributed by atoms with Crippen LogP contribution in [-0.4, -0.2) is 41.5 Å². The molecule has 5 nitrogen and oxygen atoms in total. The van der Waals surface area contributed by atoms with Gasteiger partial charge in [0.15, 0.2) is 6.10 Å².